The molecule has 0 radical (unpaired) electrons. The fraction of sp³-hybridized carbons (Fsp3) is 0.538. The van der Waals surface area contributed by atoms with Crippen LogP contribution in [-0.2, 0) is 0 Å². The van der Waals surface area contributed by atoms with Gasteiger partial charge in [0.15, 0.2) is 11.6 Å². The van der Waals surface area contributed by atoms with Crippen LogP contribution in [0.25, 0.3) is 0 Å². The van der Waals surface area contributed by atoms with Crippen LogP contribution in [-0.4, -0.2) is 18.6 Å². The van der Waals surface area contributed by atoms with Crippen LogP contribution in [0.15, 0.2) is 18.2 Å². The summed E-state index contributed by atoms with van der Waals surface area (Å²) in [4.78, 5) is 0. The zero-order valence-corrected chi connectivity index (χ0v) is 11.3. The van der Waals surface area contributed by atoms with E-state index in [9.17, 15) is 8.78 Å². The zero-order valence-electron chi connectivity index (χ0n) is 10.5. The summed E-state index contributed by atoms with van der Waals surface area (Å²) in [5.74, 6) is -0.345. The van der Waals surface area contributed by atoms with Crippen molar-refractivity contribution in [2.75, 3.05) is 18.6 Å². The summed E-state index contributed by atoms with van der Waals surface area (Å²) in [5, 5.41) is 3.23. The van der Waals surface area contributed by atoms with Gasteiger partial charge in [-0.05, 0) is 30.5 Å². The van der Waals surface area contributed by atoms with Crippen molar-refractivity contribution in [2.45, 2.75) is 19.9 Å². The Kier molecular flexibility index (Phi) is 5.92. The molecule has 1 rings (SSSR count). The van der Waals surface area contributed by atoms with Crippen molar-refractivity contribution in [3.63, 3.8) is 0 Å². The molecular weight excluding hydrogens is 240 g/mol. The first-order valence-electron chi connectivity index (χ1n) is 5.78. The molecule has 1 N–H and O–H groups in total. The highest BCUT2D eigenvalue weighted by molar-refractivity contribution is 7.98. The molecular formula is C13H19F2NS. The predicted molar refractivity (Wildman–Crippen MR) is 70.3 cm³/mol. The molecule has 0 heterocycles. The lowest BCUT2D eigenvalue weighted by atomic mass is 9.95. The summed E-state index contributed by atoms with van der Waals surface area (Å²) in [6.07, 6.45) is 2.02. The predicted octanol–water partition coefficient (Wildman–Crippen LogP) is 3.61. The van der Waals surface area contributed by atoms with Crippen LogP contribution >= 0.6 is 11.8 Å². The largest absolute Gasteiger partial charge is 0.310 e. The first-order chi connectivity index (χ1) is 8.11. The summed E-state index contributed by atoms with van der Waals surface area (Å²) in [6.45, 7) is 4.75. The molecule has 0 fully saturated rings. The molecule has 96 valence electrons. The lowest BCUT2D eigenvalue weighted by Gasteiger charge is -2.25. The van der Waals surface area contributed by atoms with Crippen LogP contribution in [0.5, 0.6) is 0 Å². The molecule has 0 spiro atoms. The van der Waals surface area contributed by atoms with E-state index in [1.165, 1.54) is 0 Å². The van der Waals surface area contributed by atoms with Crippen LogP contribution in [0.3, 0.4) is 0 Å². The minimum absolute atomic E-state index is 0.136. The van der Waals surface area contributed by atoms with Gasteiger partial charge in [-0.2, -0.15) is 11.8 Å². The Morgan fingerprint density at radius 3 is 2.65 bits per heavy atom. The van der Waals surface area contributed by atoms with Gasteiger partial charge in [-0.3, -0.25) is 0 Å². The molecule has 1 aromatic carbocycles. The first-order valence-corrected chi connectivity index (χ1v) is 7.17. The molecule has 2 atom stereocenters. The van der Waals surface area contributed by atoms with Crippen molar-refractivity contribution < 1.29 is 8.78 Å². The van der Waals surface area contributed by atoms with Gasteiger partial charge in [0.25, 0.3) is 0 Å². The molecule has 0 aliphatic rings. The van der Waals surface area contributed by atoms with E-state index in [-0.39, 0.29) is 12.0 Å². The Balaban J connectivity index is 3.00. The molecule has 0 amide bonds. The van der Waals surface area contributed by atoms with Gasteiger partial charge in [-0.25, -0.2) is 8.78 Å². The van der Waals surface area contributed by atoms with E-state index in [1.807, 2.05) is 20.1 Å². The second-order valence-corrected chi connectivity index (χ2v) is 5.02. The number of rotatable bonds is 6. The smallest absolute Gasteiger partial charge is 0.163 e. The van der Waals surface area contributed by atoms with Crippen molar-refractivity contribution in [1.29, 1.82) is 0 Å². The summed E-state index contributed by atoms with van der Waals surface area (Å²) in [6, 6.07) is 4.23. The quantitative estimate of drug-likeness (QED) is 0.837. The molecule has 0 aliphatic heterocycles. The number of benzene rings is 1. The molecule has 0 saturated heterocycles. The Hall–Kier alpha value is -0.610. The number of halogens is 2. The van der Waals surface area contributed by atoms with Crippen LogP contribution in [0.2, 0.25) is 0 Å². The van der Waals surface area contributed by atoms with Gasteiger partial charge in [-0.15, -0.1) is 0 Å². The number of nitrogens with one attached hydrogen (secondary N) is 1. The van der Waals surface area contributed by atoms with E-state index in [0.717, 1.165) is 18.4 Å². The van der Waals surface area contributed by atoms with Crippen molar-refractivity contribution in [3.05, 3.63) is 35.4 Å². The van der Waals surface area contributed by atoms with E-state index < -0.39 is 11.6 Å². The van der Waals surface area contributed by atoms with Gasteiger partial charge >= 0.3 is 0 Å². The average molecular weight is 259 g/mol. The fourth-order valence-electron chi connectivity index (χ4n) is 1.96. The SMILES string of the molecule is CCNC(c1cccc(F)c1F)C(C)CSC. The molecule has 2 unspecified atom stereocenters. The molecule has 0 aliphatic carbocycles. The third-order valence-corrected chi connectivity index (χ3v) is 3.60. The van der Waals surface area contributed by atoms with Crippen molar-refractivity contribution >= 4 is 11.8 Å². The van der Waals surface area contributed by atoms with Gasteiger partial charge < -0.3 is 5.32 Å². The standard InChI is InChI=1S/C13H19F2NS/c1-4-16-13(9(2)8-17-3)10-6-5-7-11(14)12(10)15/h5-7,9,13,16H,4,8H2,1-3H3. The molecule has 1 aromatic rings. The monoisotopic (exact) mass is 259 g/mol. The minimum Gasteiger partial charge on any atom is -0.310 e. The van der Waals surface area contributed by atoms with Crippen LogP contribution in [0.1, 0.15) is 25.5 Å². The van der Waals surface area contributed by atoms with Crippen molar-refractivity contribution in [2.24, 2.45) is 5.92 Å². The number of thioether (sulfide) groups is 1. The second-order valence-electron chi connectivity index (χ2n) is 4.11. The van der Waals surface area contributed by atoms with E-state index >= 15 is 0 Å². The zero-order chi connectivity index (χ0) is 12.8. The van der Waals surface area contributed by atoms with Gasteiger partial charge in [0.2, 0.25) is 0 Å². The Morgan fingerprint density at radius 1 is 1.35 bits per heavy atom. The normalized spacial score (nSPS) is 14.6. The summed E-state index contributed by atoms with van der Waals surface area (Å²) in [7, 11) is 0. The molecule has 0 aromatic heterocycles. The highest BCUT2D eigenvalue weighted by Crippen LogP contribution is 2.27. The molecule has 17 heavy (non-hydrogen) atoms. The topological polar surface area (TPSA) is 12.0 Å². The van der Waals surface area contributed by atoms with Gasteiger partial charge in [0.05, 0.1) is 0 Å². The van der Waals surface area contributed by atoms with Crippen molar-refractivity contribution in [1.82, 2.24) is 5.32 Å². The fourth-order valence-corrected chi connectivity index (χ4v) is 2.68. The molecule has 0 bridgehead atoms. The Labute approximate surface area is 106 Å². The maximum Gasteiger partial charge on any atom is 0.163 e. The van der Waals surface area contributed by atoms with Gasteiger partial charge in [-0.1, -0.05) is 26.0 Å². The highest BCUT2D eigenvalue weighted by atomic mass is 32.2. The molecule has 4 heteroatoms. The van der Waals surface area contributed by atoms with E-state index in [4.69, 9.17) is 0 Å². The summed E-state index contributed by atoms with van der Waals surface area (Å²) in [5.41, 5.74) is 0.424. The average Bonchev–Trinajstić information content (AvgIpc) is 2.30. The highest BCUT2D eigenvalue weighted by Gasteiger charge is 2.22. The van der Waals surface area contributed by atoms with E-state index in [2.05, 4.69) is 5.32 Å². The second kappa shape index (κ2) is 6.97. The van der Waals surface area contributed by atoms with Crippen LogP contribution in [0, 0.1) is 17.6 Å². The number of hydrogen-bond donors (Lipinski definition) is 1. The van der Waals surface area contributed by atoms with E-state index in [0.29, 0.717) is 5.56 Å². The molecule has 0 saturated carbocycles. The Bertz CT molecular complexity index is 357. The lowest BCUT2D eigenvalue weighted by Crippen LogP contribution is -2.29. The first kappa shape index (κ1) is 14.5. The summed E-state index contributed by atoms with van der Waals surface area (Å²) >= 11 is 1.71. The van der Waals surface area contributed by atoms with Gasteiger partial charge in [0, 0.05) is 11.6 Å². The third kappa shape index (κ3) is 3.68. The van der Waals surface area contributed by atoms with Crippen molar-refractivity contribution in [3.8, 4) is 0 Å². The van der Waals surface area contributed by atoms with Crippen LogP contribution in [0.4, 0.5) is 8.78 Å². The minimum atomic E-state index is -0.776. The Morgan fingerprint density at radius 2 is 2.06 bits per heavy atom. The summed E-state index contributed by atoms with van der Waals surface area (Å²) < 4.78 is 27.0. The number of hydrogen-bond acceptors (Lipinski definition) is 2. The van der Waals surface area contributed by atoms with E-state index in [1.54, 1.807) is 23.9 Å². The maximum atomic E-state index is 13.8. The van der Waals surface area contributed by atoms with Crippen LogP contribution < -0.4 is 5.32 Å². The van der Waals surface area contributed by atoms with Gasteiger partial charge in [0.1, 0.15) is 0 Å². The molecule has 1 nitrogen and oxygen atoms in total. The lowest BCUT2D eigenvalue weighted by molar-refractivity contribution is 0.399. The third-order valence-electron chi connectivity index (χ3n) is 2.74. The maximum absolute atomic E-state index is 13.8.